The number of carboxylic acid groups (broad SMARTS) is 1. The van der Waals surface area contributed by atoms with Crippen molar-refractivity contribution in [2.45, 2.75) is 39.5 Å². The number of carboxylic acids is 1. The van der Waals surface area contributed by atoms with Crippen LogP contribution in [-0.2, 0) is 4.79 Å². The number of phenolic OH excluding ortho intramolecular Hbond substituents is 1. The minimum Gasteiger partial charge on any atom is -0.503 e. The summed E-state index contributed by atoms with van der Waals surface area (Å²) < 4.78 is 43.9. The number of carbonyl (C=O) groups is 2. The Morgan fingerprint density at radius 3 is 2.42 bits per heavy atom. The highest BCUT2D eigenvalue weighted by Gasteiger charge is 2.33. The van der Waals surface area contributed by atoms with Gasteiger partial charge in [-0.05, 0) is 43.0 Å². The Balaban J connectivity index is 2.38. The lowest BCUT2D eigenvalue weighted by molar-refractivity contribution is -0.139. The van der Waals surface area contributed by atoms with Crippen LogP contribution < -0.4 is 0 Å². The Morgan fingerprint density at radius 1 is 1.16 bits per heavy atom. The number of phenols is 1. The summed E-state index contributed by atoms with van der Waals surface area (Å²) in [5.41, 5.74) is -0.233. The number of carbonyl (C=O) groups excluding carboxylic acids is 1. The van der Waals surface area contributed by atoms with Crippen LogP contribution in [0.4, 0.5) is 13.2 Å². The number of aromatic nitrogens is 1. The van der Waals surface area contributed by atoms with Crippen LogP contribution in [0.15, 0.2) is 30.3 Å². The van der Waals surface area contributed by atoms with Gasteiger partial charge in [0, 0.05) is 22.7 Å². The molecule has 0 saturated carbocycles. The van der Waals surface area contributed by atoms with Crippen LogP contribution in [-0.4, -0.2) is 26.7 Å². The molecule has 0 saturated heterocycles. The summed E-state index contributed by atoms with van der Waals surface area (Å²) in [5.74, 6) is -7.79. The zero-order chi connectivity index (χ0) is 23.0. The molecule has 3 aromatic rings. The second kappa shape index (κ2) is 8.45. The summed E-state index contributed by atoms with van der Waals surface area (Å²) in [4.78, 5) is 25.3. The van der Waals surface area contributed by atoms with Gasteiger partial charge in [-0.3, -0.25) is 14.2 Å². The Labute approximate surface area is 176 Å². The van der Waals surface area contributed by atoms with Gasteiger partial charge in [0.2, 0.25) is 0 Å². The van der Waals surface area contributed by atoms with Gasteiger partial charge in [-0.2, -0.15) is 0 Å². The van der Waals surface area contributed by atoms with Crippen LogP contribution >= 0.6 is 0 Å². The highest BCUT2D eigenvalue weighted by Crippen LogP contribution is 2.40. The van der Waals surface area contributed by atoms with Crippen molar-refractivity contribution in [2.24, 2.45) is 5.92 Å². The lowest BCUT2D eigenvalue weighted by Gasteiger charge is -2.18. The summed E-state index contributed by atoms with van der Waals surface area (Å²) in [6.07, 6.45) is 0.823. The number of nitrogens with zero attached hydrogens (tertiary/aromatic N) is 1. The fourth-order valence-electron chi connectivity index (χ4n) is 3.86. The van der Waals surface area contributed by atoms with Gasteiger partial charge in [-0.1, -0.05) is 26.3 Å². The van der Waals surface area contributed by atoms with E-state index in [2.05, 4.69) is 0 Å². The molecule has 2 N–H and O–H groups in total. The molecule has 2 aromatic carbocycles. The fraction of sp³-hybridized carbons (Fsp3) is 0.304. The molecular formula is C23H22F3NO4. The predicted octanol–water partition coefficient (Wildman–Crippen LogP) is 5.37. The average molecular weight is 433 g/mol. The topological polar surface area (TPSA) is 79.5 Å². The molecule has 0 aliphatic carbocycles. The van der Waals surface area contributed by atoms with Gasteiger partial charge >= 0.3 is 5.97 Å². The van der Waals surface area contributed by atoms with Crippen LogP contribution in [0.25, 0.3) is 10.9 Å². The van der Waals surface area contributed by atoms with Gasteiger partial charge in [0.15, 0.2) is 17.4 Å². The van der Waals surface area contributed by atoms with E-state index in [-0.39, 0.29) is 40.1 Å². The zero-order valence-corrected chi connectivity index (χ0v) is 17.2. The number of aromatic hydroxyl groups is 1. The SMILES string of the molecule is CCC(C)C[C@@H](C(=O)O)c1c(C)n(C(=O)c2cccc(F)c2)c2cc(F)c(O)c(F)c12. The lowest BCUT2D eigenvalue weighted by atomic mass is 9.86. The van der Waals surface area contributed by atoms with Crippen LogP contribution in [0.2, 0.25) is 0 Å². The summed E-state index contributed by atoms with van der Waals surface area (Å²) >= 11 is 0. The van der Waals surface area contributed by atoms with Crippen molar-refractivity contribution in [2.75, 3.05) is 0 Å². The molecule has 0 fully saturated rings. The minimum atomic E-state index is -1.34. The maximum absolute atomic E-state index is 15.0. The number of hydrogen-bond acceptors (Lipinski definition) is 3. The molecule has 0 amide bonds. The van der Waals surface area contributed by atoms with Crippen LogP contribution in [0.1, 0.15) is 54.2 Å². The van der Waals surface area contributed by atoms with E-state index in [1.807, 2.05) is 13.8 Å². The van der Waals surface area contributed by atoms with Gasteiger partial charge in [-0.25, -0.2) is 13.2 Å². The fourth-order valence-corrected chi connectivity index (χ4v) is 3.86. The summed E-state index contributed by atoms with van der Waals surface area (Å²) in [6, 6.07) is 5.57. The molecule has 8 heteroatoms. The number of aliphatic carboxylic acids is 1. The van der Waals surface area contributed by atoms with Crippen molar-refractivity contribution < 1.29 is 33.0 Å². The number of benzene rings is 2. The highest BCUT2D eigenvalue weighted by atomic mass is 19.1. The predicted molar refractivity (Wildman–Crippen MR) is 109 cm³/mol. The van der Waals surface area contributed by atoms with E-state index in [9.17, 15) is 28.6 Å². The molecule has 1 heterocycles. The third-order valence-corrected chi connectivity index (χ3v) is 5.66. The molecule has 3 rings (SSSR count). The summed E-state index contributed by atoms with van der Waals surface area (Å²) in [7, 11) is 0. The maximum atomic E-state index is 15.0. The molecule has 0 spiro atoms. The zero-order valence-electron chi connectivity index (χ0n) is 17.2. The van der Waals surface area contributed by atoms with Crippen molar-refractivity contribution >= 4 is 22.8 Å². The van der Waals surface area contributed by atoms with Crippen molar-refractivity contribution in [1.82, 2.24) is 4.57 Å². The molecule has 1 unspecified atom stereocenters. The summed E-state index contributed by atoms with van der Waals surface area (Å²) in [5, 5.41) is 19.4. The standard InChI is InChI=1S/C23H22F3NO4/c1-4-11(2)8-15(23(30)31)18-12(3)27(22(29)13-6-5-7-14(24)9-13)17-10-16(25)21(28)20(26)19(17)18/h5-7,9-11,15,28H,4,8H2,1-3H3,(H,30,31)/t11?,15-/m1/s1. The molecule has 0 aliphatic heterocycles. The van der Waals surface area contributed by atoms with Gasteiger partial charge in [0.25, 0.3) is 5.91 Å². The van der Waals surface area contributed by atoms with E-state index in [1.54, 1.807) is 0 Å². The third-order valence-electron chi connectivity index (χ3n) is 5.66. The summed E-state index contributed by atoms with van der Waals surface area (Å²) in [6.45, 7) is 5.15. The maximum Gasteiger partial charge on any atom is 0.311 e. The van der Waals surface area contributed by atoms with E-state index in [0.29, 0.717) is 6.42 Å². The van der Waals surface area contributed by atoms with Gasteiger partial charge in [0.1, 0.15) is 5.82 Å². The van der Waals surface area contributed by atoms with E-state index in [0.717, 1.165) is 22.8 Å². The Hall–Kier alpha value is -3.29. The number of fused-ring (bicyclic) bond motifs is 1. The second-order valence-corrected chi connectivity index (χ2v) is 7.71. The third kappa shape index (κ3) is 3.89. The average Bonchev–Trinajstić information content (AvgIpc) is 3.00. The molecule has 0 aliphatic rings. The first kappa shape index (κ1) is 22.4. The molecule has 2 atom stereocenters. The second-order valence-electron chi connectivity index (χ2n) is 7.71. The molecule has 164 valence electrons. The van der Waals surface area contributed by atoms with E-state index in [1.165, 1.54) is 19.1 Å². The Kier molecular flexibility index (Phi) is 6.10. The van der Waals surface area contributed by atoms with Crippen molar-refractivity contribution in [3.63, 3.8) is 0 Å². The van der Waals surface area contributed by atoms with E-state index >= 15 is 4.39 Å². The number of hydrogen-bond donors (Lipinski definition) is 2. The Morgan fingerprint density at radius 2 is 1.84 bits per heavy atom. The lowest BCUT2D eigenvalue weighted by Crippen LogP contribution is -2.18. The Bertz CT molecular complexity index is 1190. The number of halogens is 3. The highest BCUT2D eigenvalue weighted by molar-refractivity contribution is 6.05. The van der Waals surface area contributed by atoms with Gasteiger partial charge in [-0.15, -0.1) is 0 Å². The van der Waals surface area contributed by atoms with Gasteiger partial charge in [0.05, 0.1) is 11.4 Å². The monoisotopic (exact) mass is 433 g/mol. The van der Waals surface area contributed by atoms with Crippen LogP contribution in [0.3, 0.4) is 0 Å². The largest absolute Gasteiger partial charge is 0.503 e. The first-order chi connectivity index (χ1) is 14.6. The van der Waals surface area contributed by atoms with E-state index in [4.69, 9.17) is 0 Å². The molecule has 5 nitrogen and oxygen atoms in total. The minimum absolute atomic E-state index is 0.0136. The first-order valence-corrected chi connectivity index (χ1v) is 9.83. The normalized spacial score (nSPS) is 13.4. The smallest absolute Gasteiger partial charge is 0.311 e. The quantitative estimate of drug-likeness (QED) is 0.548. The van der Waals surface area contributed by atoms with Crippen molar-refractivity contribution in [3.05, 3.63) is 64.6 Å². The van der Waals surface area contributed by atoms with Crippen LogP contribution in [0.5, 0.6) is 5.75 Å². The molecule has 31 heavy (non-hydrogen) atoms. The molecule has 0 radical (unpaired) electrons. The van der Waals surface area contributed by atoms with Gasteiger partial charge < -0.3 is 10.2 Å². The van der Waals surface area contributed by atoms with Crippen LogP contribution in [0, 0.1) is 30.3 Å². The first-order valence-electron chi connectivity index (χ1n) is 9.83. The number of rotatable bonds is 6. The molecule has 0 bridgehead atoms. The van der Waals surface area contributed by atoms with Crippen molar-refractivity contribution in [3.8, 4) is 5.75 Å². The molecule has 1 aromatic heterocycles. The van der Waals surface area contributed by atoms with Crippen molar-refractivity contribution in [1.29, 1.82) is 0 Å². The molecular weight excluding hydrogens is 411 g/mol. The van der Waals surface area contributed by atoms with E-state index < -0.39 is 41.0 Å².